The summed E-state index contributed by atoms with van der Waals surface area (Å²) in [4.78, 5) is 38.9. The molecule has 15 heteroatoms. The lowest BCUT2D eigenvalue weighted by Gasteiger charge is -2.26. The third kappa shape index (κ3) is 8.36. The van der Waals surface area contributed by atoms with Gasteiger partial charge in [-0.3, -0.25) is 14.9 Å². The van der Waals surface area contributed by atoms with E-state index < -0.39 is 41.6 Å². The molecule has 2 heterocycles. The Labute approximate surface area is 256 Å². The van der Waals surface area contributed by atoms with Crippen molar-refractivity contribution in [3.05, 3.63) is 59.4 Å². The van der Waals surface area contributed by atoms with E-state index in [2.05, 4.69) is 20.9 Å². The van der Waals surface area contributed by atoms with Crippen molar-refractivity contribution in [3.63, 3.8) is 0 Å². The maximum absolute atomic E-state index is 14.1. The number of alkyl halides is 3. The molecule has 3 aromatic rings. The molecular formula is C30H33F3N6O6. The lowest BCUT2D eigenvalue weighted by Crippen LogP contribution is -2.25. The third-order valence-corrected chi connectivity index (χ3v) is 7.51. The molecule has 1 aromatic heterocycles. The van der Waals surface area contributed by atoms with Crippen LogP contribution in [0.1, 0.15) is 60.1 Å². The van der Waals surface area contributed by atoms with Gasteiger partial charge in [-0.2, -0.15) is 13.2 Å². The number of hydrogen-bond donors (Lipinski definition) is 3. The average Bonchev–Trinajstić information content (AvgIpc) is 3.68. The van der Waals surface area contributed by atoms with Crippen LogP contribution in [0.2, 0.25) is 0 Å². The Balaban J connectivity index is 1.31. The number of hydrogen-bond acceptors (Lipinski definition) is 8. The number of nitrogens with zero attached hydrogens (tertiary/aromatic N) is 4. The summed E-state index contributed by atoms with van der Waals surface area (Å²) in [6, 6.07) is 8.01. The van der Waals surface area contributed by atoms with Crippen LogP contribution in [-0.2, 0) is 27.1 Å². The van der Waals surface area contributed by atoms with E-state index in [-0.39, 0.29) is 35.8 Å². The number of anilines is 3. The van der Waals surface area contributed by atoms with Gasteiger partial charge in [0.15, 0.2) is 12.1 Å². The van der Waals surface area contributed by atoms with E-state index >= 15 is 0 Å². The predicted molar refractivity (Wildman–Crippen MR) is 156 cm³/mol. The van der Waals surface area contributed by atoms with E-state index in [1.165, 1.54) is 35.0 Å². The maximum Gasteiger partial charge on any atom is 0.418 e. The van der Waals surface area contributed by atoms with E-state index in [4.69, 9.17) is 9.47 Å². The minimum absolute atomic E-state index is 0.151. The molecule has 45 heavy (non-hydrogen) atoms. The van der Waals surface area contributed by atoms with Gasteiger partial charge < -0.3 is 24.8 Å². The van der Waals surface area contributed by atoms with Crippen LogP contribution in [0.4, 0.5) is 35.0 Å². The van der Waals surface area contributed by atoms with Gasteiger partial charge in [0, 0.05) is 25.8 Å². The van der Waals surface area contributed by atoms with Crippen LogP contribution in [-0.4, -0.2) is 64.4 Å². The van der Waals surface area contributed by atoms with Gasteiger partial charge in [-0.05, 0) is 62.3 Å². The van der Waals surface area contributed by atoms with Crippen LogP contribution < -0.4 is 15.5 Å². The lowest BCUT2D eigenvalue weighted by molar-refractivity contribution is -0.169. The highest BCUT2D eigenvalue weighted by molar-refractivity contribution is 6.12. The van der Waals surface area contributed by atoms with Gasteiger partial charge in [0.2, 0.25) is 5.91 Å². The smallest absolute Gasteiger partial charge is 0.418 e. The van der Waals surface area contributed by atoms with E-state index in [0.29, 0.717) is 30.6 Å². The molecule has 2 amide bonds. The Bertz CT molecular complexity index is 1550. The van der Waals surface area contributed by atoms with Gasteiger partial charge in [-0.1, -0.05) is 17.3 Å². The van der Waals surface area contributed by atoms with Crippen LogP contribution in [0.25, 0.3) is 5.69 Å². The Kier molecular flexibility index (Phi) is 9.68. The first-order chi connectivity index (χ1) is 21.5. The normalized spacial score (nSPS) is 16.7. The number of amides is 2. The number of benzene rings is 2. The van der Waals surface area contributed by atoms with E-state index in [0.717, 1.165) is 38.2 Å². The Morgan fingerprint density at radius 1 is 1.11 bits per heavy atom. The molecular weight excluding hydrogens is 597 g/mol. The van der Waals surface area contributed by atoms with Crippen molar-refractivity contribution < 1.29 is 42.1 Å². The van der Waals surface area contributed by atoms with Gasteiger partial charge in [-0.25, -0.2) is 9.48 Å². The summed E-state index contributed by atoms with van der Waals surface area (Å²) in [5.74, 6) is -1.28. The predicted octanol–water partition coefficient (Wildman–Crippen LogP) is 5.48. The molecule has 0 spiro atoms. The fourth-order valence-electron chi connectivity index (χ4n) is 5.09. The van der Waals surface area contributed by atoms with Crippen molar-refractivity contribution >= 4 is 34.8 Å². The molecule has 0 bridgehead atoms. The topological polar surface area (TPSA) is 148 Å². The standard InChI is InChI=1S/C30H33F3N6O6/c1-38(16-18-8-9-18)25-13-24(36-29(42)43)23(12-22(25)30(31,32)33)35-27(41)14-26(40)19-5-4-6-20(11-19)39-21(15-34-37-39)17-45-28-7-2-3-10-44-28/h4-6,11-13,15,18,28,36H,2-3,7-10,14,16-17H2,1H3,(H,35,41)(H,42,43). The number of Topliss-reactive ketones (excluding diaryl/α,β-unsaturated/α-hetero) is 1. The summed E-state index contributed by atoms with van der Waals surface area (Å²) in [7, 11) is 1.50. The van der Waals surface area contributed by atoms with Crippen molar-refractivity contribution in [3.8, 4) is 5.69 Å². The lowest BCUT2D eigenvalue weighted by atomic mass is 10.1. The van der Waals surface area contributed by atoms with Crippen molar-refractivity contribution in [1.29, 1.82) is 0 Å². The van der Waals surface area contributed by atoms with Crippen molar-refractivity contribution in [2.24, 2.45) is 5.92 Å². The summed E-state index contributed by atoms with van der Waals surface area (Å²) in [5.41, 5.74) is -0.707. The molecule has 2 aromatic carbocycles. The molecule has 0 radical (unpaired) electrons. The first-order valence-electron chi connectivity index (χ1n) is 14.5. The number of rotatable bonds is 12. The van der Waals surface area contributed by atoms with Gasteiger partial charge in [0.05, 0.1) is 53.2 Å². The van der Waals surface area contributed by atoms with Crippen LogP contribution in [0.5, 0.6) is 0 Å². The summed E-state index contributed by atoms with van der Waals surface area (Å²) < 4.78 is 55.1. The van der Waals surface area contributed by atoms with Gasteiger partial charge in [-0.15, -0.1) is 5.10 Å². The first-order valence-corrected chi connectivity index (χ1v) is 14.5. The second kappa shape index (κ2) is 13.6. The fourth-order valence-corrected chi connectivity index (χ4v) is 5.09. The number of aromatic nitrogens is 3. The number of ketones is 1. The molecule has 1 unspecified atom stereocenters. The number of nitrogens with one attached hydrogen (secondary N) is 2. The fraction of sp³-hybridized carbons (Fsp3) is 0.433. The highest BCUT2D eigenvalue weighted by Gasteiger charge is 2.37. The molecule has 5 rings (SSSR count). The second-order valence-corrected chi connectivity index (χ2v) is 11.1. The number of carbonyl (C=O) groups excluding carboxylic acids is 2. The third-order valence-electron chi connectivity index (χ3n) is 7.51. The Morgan fingerprint density at radius 3 is 2.58 bits per heavy atom. The highest BCUT2D eigenvalue weighted by Crippen LogP contribution is 2.42. The molecule has 3 N–H and O–H groups in total. The SMILES string of the molecule is CN(CC1CC1)c1cc(NC(=O)O)c(NC(=O)CC(=O)c2cccc(-n3nncc3COC3CCCCO3)c2)cc1C(F)(F)F. The summed E-state index contributed by atoms with van der Waals surface area (Å²) >= 11 is 0. The Hall–Kier alpha value is -4.50. The average molecular weight is 631 g/mol. The number of halogens is 3. The summed E-state index contributed by atoms with van der Waals surface area (Å²) in [6.45, 7) is 1.16. The molecule has 1 aliphatic heterocycles. The molecule has 240 valence electrons. The zero-order chi connectivity index (χ0) is 32.1. The molecule has 2 fully saturated rings. The van der Waals surface area contributed by atoms with Gasteiger partial charge in [0.1, 0.15) is 0 Å². The molecule has 1 saturated carbocycles. The maximum atomic E-state index is 14.1. The van der Waals surface area contributed by atoms with Crippen molar-refractivity contribution in [2.75, 3.05) is 35.7 Å². The van der Waals surface area contributed by atoms with Crippen molar-refractivity contribution in [2.45, 2.75) is 57.6 Å². The zero-order valence-corrected chi connectivity index (χ0v) is 24.5. The van der Waals surface area contributed by atoms with Crippen LogP contribution in [0.15, 0.2) is 42.6 Å². The summed E-state index contributed by atoms with van der Waals surface area (Å²) in [5, 5.41) is 21.7. The second-order valence-electron chi connectivity index (χ2n) is 11.1. The van der Waals surface area contributed by atoms with Crippen LogP contribution in [0, 0.1) is 5.92 Å². The van der Waals surface area contributed by atoms with Crippen LogP contribution >= 0.6 is 0 Å². The first kappa shape index (κ1) is 31.9. The largest absolute Gasteiger partial charge is 0.465 e. The number of carbonyl (C=O) groups is 3. The molecule has 2 aliphatic rings. The van der Waals surface area contributed by atoms with E-state index in [1.54, 1.807) is 12.1 Å². The van der Waals surface area contributed by atoms with Crippen molar-refractivity contribution in [1.82, 2.24) is 15.0 Å². The molecule has 1 aliphatic carbocycles. The van der Waals surface area contributed by atoms with Crippen LogP contribution in [0.3, 0.4) is 0 Å². The van der Waals surface area contributed by atoms with E-state index in [9.17, 15) is 32.7 Å². The van der Waals surface area contributed by atoms with E-state index in [1.807, 2.05) is 0 Å². The highest BCUT2D eigenvalue weighted by atomic mass is 19.4. The minimum atomic E-state index is -4.79. The monoisotopic (exact) mass is 630 g/mol. The minimum Gasteiger partial charge on any atom is -0.465 e. The summed E-state index contributed by atoms with van der Waals surface area (Å²) in [6.07, 6.45) is -1.26. The van der Waals surface area contributed by atoms with Gasteiger partial charge in [0.25, 0.3) is 0 Å². The molecule has 12 nitrogen and oxygen atoms in total. The molecule has 1 saturated heterocycles. The number of carboxylic acid groups (broad SMARTS) is 1. The quantitative estimate of drug-likeness (QED) is 0.175. The number of ether oxygens (including phenoxy) is 2. The zero-order valence-electron chi connectivity index (χ0n) is 24.5. The van der Waals surface area contributed by atoms with Gasteiger partial charge >= 0.3 is 12.3 Å². The Morgan fingerprint density at radius 2 is 1.89 bits per heavy atom. The molecule has 1 atom stereocenters.